The van der Waals surface area contributed by atoms with Crippen LogP contribution < -0.4 is 11.1 Å². The second kappa shape index (κ2) is 6.93. The predicted molar refractivity (Wildman–Crippen MR) is 93.2 cm³/mol. The van der Waals surface area contributed by atoms with Crippen molar-refractivity contribution in [2.24, 2.45) is 0 Å². The van der Waals surface area contributed by atoms with Gasteiger partial charge in [0.05, 0.1) is 16.3 Å². The molecule has 1 aliphatic carbocycles. The summed E-state index contributed by atoms with van der Waals surface area (Å²) in [6.07, 6.45) is 3.27. The number of nitrogens with two attached hydrogens (primary N) is 1. The molecule has 0 aromatic heterocycles. The summed E-state index contributed by atoms with van der Waals surface area (Å²) >= 11 is 5.80. The summed E-state index contributed by atoms with van der Waals surface area (Å²) in [7, 11) is 0. The Labute approximate surface area is 144 Å². The van der Waals surface area contributed by atoms with E-state index in [1.54, 1.807) is 0 Å². The number of rotatable bonds is 4. The Kier molecular flexibility index (Phi) is 4.71. The van der Waals surface area contributed by atoms with E-state index in [0.717, 1.165) is 19.3 Å². The standard InChI is InChI=1S/C18H17ClN2O3/c19-15-7-5-13(9-16(15)20)18(23)24-10-17(22)21-14-6-4-11-2-1-3-12(11)8-14/h4-9H,1-3,10,20H2,(H,21,22). The number of carbonyl (C=O) groups excluding carboxylic acids is 2. The highest BCUT2D eigenvalue weighted by molar-refractivity contribution is 6.33. The van der Waals surface area contributed by atoms with Crippen LogP contribution in [-0.4, -0.2) is 18.5 Å². The molecule has 0 unspecified atom stereocenters. The number of aryl methyl sites for hydroxylation is 2. The van der Waals surface area contributed by atoms with Gasteiger partial charge in [-0.05, 0) is 60.7 Å². The quantitative estimate of drug-likeness (QED) is 0.659. The van der Waals surface area contributed by atoms with Crippen LogP contribution >= 0.6 is 11.6 Å². The summed E-state index contributed by atoms with van der Waals surface area (Å²) in [5, 5.41) is 3.10. The smallest absolute Gasteiger partial charge is 0.338 e. The van der Waals surface area contributed by atoms with E-state index in [1.165, 1.54) is 29.3 Å². The fourth-order valence-electron chi connectivity index (χ4n) is 2.73. The van der Waals surface area contributed by atoms with Gasteiger partial charge in [0.2, 0.25) is 0 Å². The monoisotopic (exact) mass is 344 g/mol. The Morgan fingerprint density at radius 3 is 2.71 bits per heavy atom. The van der Waals surface area contributed by atoms with E-state index in [1.807, 2.05) is 18.2 Å². The van der Waals surface area contributed by atoms with Crippen molar-refractivity contribution >= 4 is 34.9 Å². The first-order valence-electron chi connectivity index (χ1n) is 7.67. The number of hydrogen-bond acceptors (Lipinski definition) is 4. The average Bonchev–Trinajstić information content (AvgIpc) is 3.03. The van der Waals surface area contributed by atoms with Crippen LogP contribution in [0.2, 0.25) is 5.02 Å². The molecule has 5 nitrogen and oxygen atoms in total. The van der Waals surface area contributed by atoms with Crippen LogP contribution in [0.25, 0.3) is 0 Å². The summed E-state index contributed by atoms with van der Waals surface area (Å²) in [6.45, 7) is -0.363. The molecule has 0 aliphatic heterocycles. The molecule has 6 heteroatoms. The number of hydrogen-bond donors (Lipinski definition) is 2. The van der Waals surface area contributed by atoms with Gasteiger partial charge in [0.1, 0.15) is 0 Å². The molecule has 0 saturated heterocycles. The van der Waals surface area contributed by atoms with Gasteiger partial charge in [-0.2, -0.15) is 0 Å². The van der Waals surface area contributed by atoms with Crippen molar-refractivity contribution in [3.05, 3.63) is 58.1 Å². The first kappa shape index (κ1) is 16.3. The molecule has 24 heavy (non-hydrogen) atoms. The molecule has 124 valence electrons. The first-order chi connectivity index (χ1) is 11.5. The molecule has 3 N–H and O–H groups in total. The lowest BCUT2D eigenvalue weighted by Gasteiger charge is -2.09. The number of anilines is 2. The van der Waals surface area contributed by atoms with E-state index in [-0.39, 0.29) is 23.8 Å². The summed E-state index contributed by atoms with van der Waals surface area (Å²) in [5.74, 6) is -1.01. The van der Waals surface area contributed by atoms with Crippen LogP contribution in [-0.2, 0) is 22.4 Å². The third-order valence-corrected chi connectivity index (χ3v) is 4.29. The zero-order valence-corrected chi connectivity index (χ0v) is 13.7. The highest BCUT2D eigenvalue weighted by Crippen LogP contribution is 2.25. The van der Waals surface area contributed by atoms with Crippen molar-refractivity contribution in [3.8, 4) is 0 Å². The number of nitrogen functional groups attached to an aromatic ring is 1. The SMILES string of the molecule is Nc1cc(C(=O)OCC(=O)Nc2ccc3c(c2)CCC3)ccc1Cl. The van der Waals surface area contributed by atoms with Gasteiger partial charge in [0.25, 0.3) is 5.91 Å². The highest BCUT2D eigenvalue weighted by atomic mass is 35.5. The number of benzene rings is 2. The lowest BCUT2D eigenvalue weighted by molar-refractivity contribution is -0.119. The topological polar surface area (TPSA) is 81.4 Å². The molecule has 0 saturated carbocycles. The maximum Gasteiger partial charge on any atom is 0.338 e. The minimum Gasteiger partial charge on any atom is -0.452 e. The van der Waals surface area contributed by atoms with Crippen LogP contribution in [0.4, 0.5) is 11.4 Å². The van der Waals surface area contributed by atoms with Crippen LogP contribution in [0.3, 0.4) is 0 Å². The Morgan fingerprint density at radius 2 is 1.92 bits per heavy atom. The average molecular weight is 345 g/mol. The van der Waals surface area contributed by atoms with E-state index < -0.39 is 5.97 Å². The number of carbonyl (C=O) groups is 2. The molecule has 0 fully saturated rings. The minimum atomic E-state index is -0.623. The fraction of sp³-hybridized carbons (Fsp3) is 0.222. The van der Waals surface area contributed by atoms with E-state index in [2.05, 4.69) is 5.32 Å². The summed E-state index contributed by atoms with van der Waals surface area (Å²) < 4.78 is 5.00. The number of amides is 1. The van der Waals surface area contributed by atoms with Crippen molar-refractivity contribution in [1.29, 1.82) is 0 Å². The van der Waals surface area contributed by atoms with Gasteiger partial charge in [0, 0.05) is 5.69 Å². The number of halogens is 1. The maximum atomic E-state index is 11.9. The van der Waals surface area contributed by atoms with E-state index in [4.69, 9.17) is 22.1 Å². The second-order valence-electron chi connectivity index (χ2n) is 5.70. The highest BCUT2D eigenvalue weighted by Gasteiger charge is 2.14. The molecule has 2 aromatic carbocycles. The maximum absolute atomic E-state index is 11.9. The molecule has 1 aliphatic rings. The van der Waals surface area contributed by atoms with Crippen LogP contribution in [0.15, 0.2) is 36.4 Å². The summed E-state index contributed by atoms with van der Waals surface area (Å²) in [4.78, 5) is 23.9. The third-order valence-electron chi connectivity index (χ3n) is 3.95. The zero-order chi connectivity index (χ0) is 17.1. The van der Waals surface area contributed by atoms with Crippen molar-refractivity contribution in [2.75, 3.05) is 17.7 Å². The predicted octanol–water partition coefficient (Wildman–Crippen LogP) is 3.21. The molecule has 0 spiro atoms. The molecule has 0 radical (unpaired) electrons. The van der Waals surface area contributed by atoms with Crippen molar-refractivity contribution in [3.63, 3.8) is 0 Å². The van der Waals surface area contributed by atoms with Crippen molar-refractivity contribution in [2.45, 2.75) is 19.3 Å². The molecule has 0 atom stereocenters. The summed E-state index contributed by atoms with van der Waals surface area (Å²) in [5.41, 5.74) is 9.49. The largest absolute Gasteiger partial charge is 0.452 e. The first-order valence-corrected chi connectivity index (χ1v) is 8.04. The molecule has 3 rings (SSSR count). The van der Waals surface area contributed by atoms with Crippen LogP contribution in [0, 0.1) is 0 Å². The Balaban J connectivity index is 1.55. The Bertz CT molecular complexity index is 805. The van der Waals surface area contributed by atoms with Gasteiger partial charge in [-0.3, -0.25) is 4.79 Å². The number of esters is 1. The molecule has 2 aromatic rings. The molecular formula is C18H17ClN2O3. The second-order valence-corrected chi connectivity index (χ2v) is 6.10. The lowest BCUT2D eigenvalue weighted by atomic mass is 10.1. The van der Waals surface area contributed by atoms with Gasteiger partial charge in [-0.1, -0.05) is 17.7 Å². The van der Waals surface area contributed by atoms with Crippen LogP contribution in [0.5, 0.6) is 0 Å². The van der Waals surface area contributed by atoms with Gasteiger partial charge >= 0.3 is 5.97 Å². The van der Waals surface area contributed by atoms with Crippen molar-refractivity contribution in [1.82, 2.24) is 0 Å². The van der Waals surface area contributed by atoms with E-state index >= 15 is 0 Å². The lowest BCUT2D eigenvalue weighted by Crippen LogP contribution is -2.21. The number of fused-ring (bicyclic) bond motifs is 1. The van der Waals surface area contributed by atoms with Gasteiger partial charge in [0.15, 0.2) is 6.61 Å². The minimum absolute atomic E-state index is 0.252. The number of nitrogens with one attached hydrogen (secondary N) is 1. The van der Waals surface area contributed by atoms with E-state index in [0.29, 0.717) is 10.7 Å². The van der Waals surface area contributed by atoms with Gasteiger partial charge in [-0.15, -0.1) is 0 Å². The van der Waals surface area contributed by atoms with E-state index in [9.17, 15) is 9.59 Å². The summed E-state index contributed by atoms with van der Waals surface area (Å²) in [6, 6.07) is 10.3. The number of ether oxygens (including phenoxy) is 1. The molecule has 1 amide bonds. The zero-order valence-electron chi connectivity index (χ0n) is 13.0. The van der Waals surface area contributed by atoms with Crippen LogP contribution in [0.1, 0.15) is 27.9 Å². The fourth-order valence-corrected chi connectivity index (χ4v) is 2.85. The molecule has 0 bridgehead atoms. The van der Waals surface area contributed by atoms with Gasteiger partial charge in [-0.25, -0.2) is 4.79 Å². The Morgan fingerprint density at radius 1 is 1.12 bits per heavy atom. The van der Waals surface area contributed by atoms with Gasteiger partial charge < -0.3 is 15.8 Å². The Hall–Kier alpha value is -2.53. The normalized spacial score (nSPS) is 12.5. The third kappa shape index (κ3) is 3.68. The molecular weight excluding hydrogens is 328 g/mol. The van der Waals surface area contributed by atoms with Crippen molar-refractivity contribution < 1.29 is 14.3 Å². The molecule has 0 heterocycles.